The minimum atomic E-state index is 0.291. The second kappa shape index (κ2) is 3.48. The SMILES string of the molecule is CCn1nnc(CC(C)(C)C)c1C. The topological polar surface area (TPSA) is 30.7 Å². The summed E-state index contributed by atoms with van der Waals surface area (Å²) in [5, 5.41) is 8.27. The number of hydrogen-bond donors (Lipinski definition) is 0. The number of aryl methyl sites for hydroxylation is 1. The number of nitrogens with zero attached hydrogens (tertiary/aromatic N) is 3. The van der Waals surface area contributed by atoms with Crippen molar-refractivity contribution < 1.29 is 0 Å². The number of rotatable bonds is 2. The van der Waals surface area contributed by atoms with Crippen LogP contribution in [0.25, 0.3) is 0 Å². The molecule has 0 spiro atoms. The lowest BCUT2D eigenvalue weighted by atomic mass is 9.90. The predicted octanol–water partition coefficient (Wildman–Crippen LogP) is 2.20. The lowest BCUT2D eigenvalue weighted by Gasteiger charge is -2.16. The van der Waals surface area contributed by atoms with E-state index >= 15 is 0 Å². The maximum absolute atomic E-state index is 4.18. The Labute approximate surface area is 80.1 Å². The van der Waals surface area contributed by atoms with Gasteiger partial charge in [-0.05, 0) is 25.7 Å². The van der Waals surface area contributed by atoms with Crippen LogP contribution in [0.3, 0.4) is 0 Å². The average Bonchev–Trinajstić information content (AvgIpc) is 2.30. The van der Waals surface area contributed by atoms with Crippen LogP contribution in [-0.2, 0) is 13.0 Å². The molecular formula is C10H19N3. The maximum atomic E-state index is 4.18. The minimum Gasteiger partial charge on any atom is -0.250 e. The van der Waals surface area contributed by atoms with Crippen LogP contribution in [0, 0.1) is 12.3 Å². The number of aromatic nitrogens is 3. The van der Waals surface area contributed by atoms with Gasteiger partial charge in [-0.1, -0.05) is 26.0 Å². The second-order valence-electron chi connectivity index (χ2n) is 4.67. The zero-order valence-electron chi connectivity index (χ0n) is 9.26. The molecule has 3 nitrogen and oxygen atoms in total. The van der Waals surface area contributed by atoms with Gasteiger partial charge in [0.15, 0.2) is 0 Å². The smallest absolute Gasteiger partial charge is 0.0861 e. The van der Waals surface area contributed by atoms with Gasteiger partial charge >= 0.3 is 0 Å². The average molecular weight is 181 g/mol. The molecule has 0 aliphatic rings. The Balaban J connectivity index is 2.84. The molecule has 1 heterocycles. The Hall–Kier alpha value is -0.860. The number of hydrogen-bond acceptors (Lipinski definition) is 2. The van der Waals surface area contributed by atoms with Crippen LogP contribution < -0.4 is 0 Å². The van der Waals surface area contributed by atoms with Gasteiger partial charge in [0.1, 0.15) is 0 Å². The molecule has 1 aromatic heterocycles. The fraction of sp³-hybridized carbons (Fsp3) is 0.800. The first kappa shape index (κ1) is 10.2. The Morgan fingerprint density at radius 1 is 1.31 bits per heavy atom. The Morgan fingerprint density at radius 3 is 2.31 bits per heavy atom. The van der Waals surface area contributed by atoms with Gasteiger partial charge in [-0.15, -0.1) is 5.10 Å². The molecule has 74 valence electrons. The van der Waals surface area contributed by atoms with E-state index in [1.54, 1.807) is 0 Å². The van der Waals surface area contributed by atoms with Gasteiger partial charge in [0.05, 0.1) is 11.4 Å². The summed E-state index contributed by atoms with van der Waals surface area (Å²) in [6.45, 7) is 11.7. The van der Waals surface area contributed by atoms with Crippen molar-refractivity contribution in [2.75, 3.05) is 0 Å². The first-order valence-electron chi connectivity index (χ1n) is 4.83. The van der Waals surface area contributed by atoms with E-state index in [9.17, 15) is 0 Å². The van der Waals surface area contributed by atoms with Gasteiger partial charge in [0.25, 0.3) is 0 Å². The van der Waals surface area contributed by atoms with Gasteiger partial charge in [0.2, 0.25) is 0 Å². The van der Waals surface area contributed by atoms with Crippen molar-refractivity contribution in [2.24, 2.45) is 5.41 Å². The van der Waals surface area contributed by atoms with Crippen LogP contribution in [0.4, 0.5) is 0 Å². The van der Waals surface area contributed by atoms with Gasteiger partial charge in [-0.2, -0.15) is 0 Å². The molecule has 0 fully saturated rings. The molecule has 0 aliphatic carbocycles. The highest BCUT2D eigenvalue weighted by Gasteiger charge is 2.16. The molecule has 0 bridgehead atoms. The third-order valence-electron chi connectivity index (χ3n) is 2.08. The lowest BCUT2D eigenvalue weighted by Crippen LogP contribution is -2.10. The van der Waals surface area contributed by atoms with Crippen LogP contribution in [0.1, 0.15) is 39.1 Å². The van der Waals surface area contributed by atoms with Crippen molar-refractivity contribution in [2.45, 2.75) is 47.6 Å². The molecular weight excluding hydrogens is 162 g/mol. The summed E-state index contributed by atoms with van der Waals surface area (Å²) < 4.78 is 1.95. The Morgan fingerprint density at radius 2 is 1.92 bits per heavy atom. The van der Waals surface area contributed by atoms with E-state index in [1.165, 1.54) is 5.69 Å². The first-order valence-corrected chi connectivity index (χ1v) is 4.83. The molecule has 0 atom stereocenters. The van der Waals surface area contributed by atoms with E-state index in [2.05, 4.69) is 44.9 Å². The van der Waals surface area contributed by atoms with Crippen molar-refractivity contribution in [3.63, 3.8) is 0 Å². The zero-order valence-corrected chi connectivity index (χ0v) is 9.26. The fourth-order valence-corrected chi connectivity index (χ4v) is 1.36. The standard InChI is InChI=1S/C10H19N3/c1-6-13-8(2)9(11-12-13)7-10(3,4)5/h6-7H2,1-5H3. The van der Waals surface area contributed by atoms with Crippen LogP contribution in [0.15, 0.2) is 0 Å². The molecule has 3 heteroatoms. The molecule has 0 N–H and O–H groups in total. The molecule has 0 saturated carbocycles. The molecule has 0 saturated heterocycles. The van der Waals surface area contributed by atoms with E-state index in [-0.39, 0.29) is 0 Å². The van der Waals surface area contributed by atoms with E-state index in [0.29, 0.717) is 5.41 Å². The van der Waals surface area contributed by atoms with Crippen LogP contribution >= 0.6 is 0 Å². The van der Waals surface area contributed by atoms with E-state index < -0.39 is 0 Å². The molecule has 1 aromatic rings. The molecule has 0 radical (unpaired) electrons. The second-order valence-corrected chi connectivity index (χ2v) is 4.67. The highest BCUT2D eigenvalue weighted by Crippen LogP contribution is 2.20. The minimum absolute atomic E-state index is 0.291. The van der Waals surface area contributed by atoms with Crippen molar-refractivity contribution in [1.82, 2.24) is 15.0 Å². The monoisotopic (exact) mass is 181 g/mol. The Bertz CT molecular complexity index is 281. The summed E-state index contributed by atoms with van der Waals surface area (Å²) in [4.78, 5) is 0. The van der Waals surface area contributed by atoms with Gasteiger partial charge in [0, 0.05) is 6.54 Å². The highest BCUT2D eigenvalue weighted by molar-refractivity contribution is 5.09. The summed E-state index contributed by atoms with van der Waals surface area (Å²) in [5.41, 5.74) is 2.63. The van der Waals surface area contributed by atoms with Crippen LogP contribution in [0.5, 0.6) is 0 Å². The first-order chi connectivity index (χ1) is 5.94. The normalized spacial score (nSPS) is 12.1. The van der Waals surface area contributed by atoms with Gasteiger partial charge in [-0.25, -0.2) is 4.68 Å². The molecule has 0 unspecified atom stereocenters. The molecule has 0 aromatic carbocycles. The lowest BCUT2D eigenvalue weighted by molar-refractivity contribution is 0.405. The highest BCUT2D eigenvalue weighted by atomic mass is 15.4. The summed E-state index contributed by atoms with van der Waals surface area (Å²) >= 11 is 0. The van der Waals surface area contributed by atoms with Crippen molar-refractivity contribution in [1.29, 1.82) is 0 Å². The van der Waals surface area contributed by atoms with Gasteiger partial charge in [-0.3, -0.25) is 0 Å². The van der Waals surface area contributed by atoms with E-state index in [1.807, 2.05) is 4.68 Å². The molecule has 0 amide bonds. The zero-order chi connectivity index (χ0) is 10.1. The molecule has 1 rings (SSSR count). The van der Waals surface area contributed by atoms with E-state index in [0.717, 1.165) is 18.7 Å². The summed E-state index contributed by atoms with van der Waals surface area (Å²) in [5.74, 6) is 0. The third-order valence-corrected chi connectivity index (χ3v) is 2.08. The quantitative estimate of drug-likeness (QED) is 0.700. The van der Waals surface area contributed by atoms with E-state index in [4.69, 9.17) is 0 Å². The van der Waals surface area contributed by atoms with Crippen LogP contribution in [-0.4, -0.2) is 15.0 Å². The largest absolute Gasteiger partial charge is 0.250 e. The van der Waals surface area contributed by atoms with Gasteiger partial charge < -0.3 is 0 Å². The Kier molecular flexibility index (Phi) is 2.74. The summed E-state index contributed by atoms with van der Waals surface area (Å²) in [6, 6.07) is 0. The molecule has 13 heavy (non-hydrogen) atoms. The van der Waals surface area contributed by atoms with Crippen molar-refractivity contribution in [3.05, 3.63) is 11.4 Å². The fourth-order valence-electron chi connectivity index (χ4n) is 1.36. The predicted molar refractivity (Wildman–Crippen MR) is 53.6 cm³/mol. The summed E-state index contributed by atoms with van der Waals surface area (Å²) in [6.07, 6.45) is 0.999. The van der Waals surface area contributed by atoms with Crippen LogP contribution in [0.2, 0.25) is 0 Å². The third kappa shape index (κ3) is 2.54. The summed E-state index contributed by atoms with van der Waals surface area (Å²) in [7, 11) is 0. The van der Waals surface area contributed by atoms with Crippen molar-refractivity contribution in [3.8, 4) is 0 Å². The molecule has 0 aliphatic heterocycles. The maximum Gasteiger partial charge on any atom is 0.0861 e. The van der Waals surface area contributed by atoms with Crippen molar-refractivity contribution >= 4 is 0 Å².